The quantitative estimate of drug-likeness (QED) is 0.293. The third-order valence-electron chi connectivity index (χ3n) is 6.20. The lowest BCUT2D eigenvalue weighted by Gasteiger charge is -2.34. The highest BCUT2D eigenvalue weighted by atomic mass is 31.2. The Balaban J connectivity index is 1.57. The Morgan fingerprint density at radius 2 is 2.03 bits per heavy atom. The van der Waals surface area contributed by atoms with Gasteiger partial charge in [-0.25, -0.2) is 9.36 Å². The molecular weight excluding hydrogens is 507 g/mol. The number of ether oxygens (including phenoxy) is 3. The number of aromatic nitrogens is 2. The molecule has 2 saturated heterocycles. The number of aliphatic hydroxyl groups is 1. The summed E-state index contributed by atoms with van der Waals surface area (Å²) >= 11 is 0. The van der Waals surface area contributed by atoms with Crippen molar-refractivity contribution < 1.29 is 37.7 Å². The molecule has 13 nitrogen and oxygen atoms in total. The third kappa shape index (κ3) is 5.42. The molecule has 2 aromatic rings. The van der Waals surface area contributed by atoms with E-state index in [4.69, 9.17) is 29.0 Å². The number of nitrogens with one attached hydrogen (secondary N) is 1. The number of nitrogens with two attached hydrogens (primary N) is 1. The highest BCUT2D eigenvalue weighted by molar-refractivity contribution is 7.52. The number of esters is 1. The molecule has 2 bridgehead atoms. The number of rotatable bonds is 10. The van der Waals surface area contributed by atoms with E-state index in [0.717, 1.165) is 4.57 Å². The first-order chi connectivity index (χ1) is 17.4. The number of fused-ring (bicyclic) bond motifs is 2. The van der Waals surface area contributed by atoms with Crippen molar-refractivity contribution in [3.63, 3.8) is 0 Å². The third-order valence-corrected chi connectivity index (χ3v) is 7.82. The van der Waals surface area contributed by atoms with Crippen molar-refractivity contribution in [1.82, 2.24) is 14.6 Å². The van der Waals surface area contributed by atoms with Crippen LogP contribution >= 0.6 is 7.75 Å². The normalized spacial score (nSPS) is 29.1. The highest BCUT2D eigenvalue weighted by Gasteiger charge is 2.70. The maximum absolute atomic E-state index is 13.8. The van der Waals surface area contributed by atoms with Crippen LogP contribution in [-0.4, -0.2) is 63.3 Å². The summed E-state index contributed by atoms with van der Waals surface area (Å²) in [6, 6.07) is 8.61. The monoisotopic (exact) mass is 538 g/mol. The van der Waals surface area contributed by atoms with Gasteiger partial charge in [-0.15, -0.1) is 0 Å². The zero-order chi connectivity index (χ0) is 27.0. The zero-order valence-electron chi connectivity index (χ0n) is 20.9. The highest BCUT2D eigenvalue weighted by Crippen LogP contribution is 2.54. The summed E-state index contributed by atoms with van der Waals surface area (Å²) in [5.74, 6) is -0.403. The molecule has 2 aliphatic rings. The van der Waals surface area contributed by atoms with Gasteiger partial charge in [-0.05, 0) is 45.9 Å². The Morgan fingerprint density at radius 1 is 1.32 bits per heavy atom. The topological polar surface area (TPSA) is 173 Å². The fraction of sp³-hybridized carbons (Fsp3) is 0.522. The summed E-state index contributed by atoms with van der Waals surface area (Å²) in [5.41, 5.74) is 1.71. The van der Waals surface area contributed by atoms with Crippen molar-refractivity contribution in [3.05, 3.63) is 53.1 Å². The van der Waals surface area contributed by atoms with Gasteiger partial charge < -0.3 is 29.6 Å². The van der Waals surface area contributed by atoms with Crippen LogP contribution in [0.15, 0.2) is 47.4 Å². The summed E-state index contributed by atoms with van der Waals surface area (Å²) in [5, 5.41) is 14.0. The van der Waals surface area contributed by atoms with E-state index in [2.05, 4.69) is 10.1 Å². The Bertz CT molecular complexity index is 1240. The lowest BCUT2D eigenvalue weighted by atomic mass is 9.86. The van der Waals surface area contributed by atoms with Crippen LogP contribution in [0.1, 0.15) is 33.9 Å². The predicted octanol–water partition coefficient (Wildman–Crippen LogP) is 1.38. The average molecular weight is 538 g/mol. The molecular formula is C23H31N4O9P. The Labute approximate surface area is 213 Å². The first-order valence-electron chi connectivity index (χ1n) is 11.7. The van der Waals surface area contributed by atoms with Crippen LogP contribution in [0, 0.1) is 0 Å². The molecule has 0 spiro atoms. The maximum Gasteiger partial charge on any atom is 0.459 e. The van der Waals surface area contributed by atoms with Crippen LogP contribution in [0.2, 0.25) is 0 Å². The minimum Gasteiger partial charge on any atom is -0.462 e. The van der Waals surface area contributed by atoms with E-state index >= 15 is 0 Å². The number of carbonyl (C=O) groups excluding carboxylic acids is 1. The van der Waals surface area contributed by atoms with E-state index in [1.165, 1.54) is 26.1 Å². The van der Waals surface area contributed by atoms with Gasteiger partial charge in [-0.1, -0.05) is 18.2 Å². The summed E-state index contributed by atoms with van der Waals surface area (Å²) in [4.78, 5) is 28.5. The first kappa shape index (κ1) is 27.2. The number of nitrogens with zero attached hydrogens (tertiary/aromatic N) is 2. The van der Waals surface area contributed by atoms with E-state index in [-0.39, 0.29) is 24.3 Å². The van der Waals surface area contributed by atoms with Crippen molar-refractivity contribution >= 4 is 19.5 Å². The standard InChI is InChI=1S/C23H31N4O9P/c1-14(2)34-20(28)15(3)26-37(31,36-16-8-6-5-7-9-16)33-13-23-12-32-18(22(23,4)30)19(35-23)27-11-10-17(24)25-21(27)29/h5-11,14-15,18-19,30H,12-13H2,1-4H3,(H,26,31)(H2,24,25,29)/t15-,18+,19-,22+,23-,37+/m1/s1. The molecule has 2 fully saturated rings. The number of nitrogen functional groups attached to an aromatic ring is 1. The van der Waals surface area contributed by atoms with Crippen molar-refractivity contribution in [2.24, 2.45) is 0 Å². The van der Waals surface area contributed by atoms with E-state index in [1.54, 1.807) is 44.2 Å². The second-order valence-corrected chi connectivity index (χ2v) is 11.1. The lowest BCUT2D eigenvalue weighted by Crippen LogP contribution is -2.53. The van der Waals surface area contributed by atoms with Gasteiger partial charge in [0.05, 0.1) is 19.3 Å². The predicted molar refractivity (Wildman–Crippen MR) is 131 cm³/mol. The fourth-order valence-electron chi connectivity index (χ4n) is 4.17. The van der Waals surface area contributed by atoms with Gasteiger partial charge in [-0.3, -0.25) is 13.9 Å². The maximum atomic E-state index is 13.8. The molecule has 3 heterocycles. The molecule has 1 aromatic carbocycles. The van der Waals surface area contributed by atoms with Gasteiger partial charge in [-0.2, -0.15) is 10.1 Å². The van der Waals surface area contributed by atoms with Gasteiger partial charge in [0.1, 0.15) is 34.9 Å². The molecule has 0 radical (unpaired) electrons. The smallest absolute Gasteiger partial charge is 0.459 e. The van der Waals surface area contributed by atoms with Crippen LogP contribution < -0.4 is 21.0 Å². The van der Waals surface area contributed by atoms with Crippen LogP contribution in [0.4, 0.5) is 5.82 Å². The summed E-state index contributed by atoms with van der Waals surface area (Å²) in [6.07, 6.45) is -1.00. The van der Waals surface area contributed by atoms with Gasteiger partial charge in [0.2, 0.25) is 0 Å². The second kappa shape index (κ2) is 10.2. The molecule has 0 aliphatic carbocycles. The van der Waals surface area contributed by atoms with E-state index in [0.29, 0.717) is 0 Å². The Morgan fingerprint density at radius 3 is 2.68 bits per heavy atom. The minimum atomic E-state index is -4.24. The number of para-hydroxylation sites is 1. The Kier molecular flexibility index (Phi) is 7.48. The minimum absolute atomic E-state index is 0.0327. The van der Waals surface area contributed by atoms with E-state index in [9.17, 15) is 19.3 Å². The van der Waals surface area contributed by atoms with Crippen LogP contribution in [-0.2, 0) is 28.1 Å². The number of benzene rings is 1. The molecule has 4 rings (SSSR count). The van der Waals surface area contributed by atoms with Gasteiger partial charge >= 0.3 is 19.4 Å². The summed E-state index contributed by atoms with van der Waals surface area (Å²) in [6.45, 7) is 5.73. The number of anilines is 1. The molecule has 0 saturated carbocycles. The second-order valence-electron chi connectivity index (χ2n) is 9.44. The van der Waals surface area contributed by atoms with Crippen LogP contribution in [0.25, 0.3) is 0 Å². The van der Waals surface area contributed by atoms with Crippen molar-refractivity contribution in [2.45, 2.75) is 63.4 Å². The largest absolute Gasteiger partial charge is 0.462 e. The number of hydrogen-bond acceptors (Lipinski definition) is 11. The van der Waals surface area contributed by atoms with E-state index in [1.807, 2.05) is 0 Å². The Hall–Kier alpha value is -2.80. The molecule has 37 heavy (non-hydrogen) atoms. The van der Waals surface area contributed by atoms with Crippen molar-refractivity contribution in [1.29, 1.82) is 0 Å². The van der Waals surface area contributed by atoms with Gasteiger partial charge in [0.25, 0.3) is 0 Å². The summed E-state index contributed by atoms with van der Waals surface area (Å²) in [7, 11) is -4.24. The van der Waals surface area contributed by atoms with Crippen LogP contribution in [0.3, 0.4) is 0 Å². The fourth-order valence-corrected chi connectivity index (χ4v) is 5.70. The molecule has 4 N–H and O–H groups in total. The molecule has 1 aromatic heterocycles. The van der Waals surface area contributed by atoms with Gasteiger partial charge in [0, 0.05) is 6.20 Å². The van der Waals surface area contributed by atoms with Crippen LogP contribution in [0.5, 0.6) is 5.75 Å². The van der Waals surface area contributed by atoms with Crippen molar-refractivity contribution in [3.8, 4) is 5.75 Å². The average Bonchev–Trinajstić information content (AvgIpc) is 3.19. The molecule has 0 unspecified atom stereocenters. The molecule has 14 heteroatoms. The van der Waals surface area contributed by atoms with Crippen molar-refractivity contribution in [2.75, 3.05) is 18.9 Å². The molecule has 6 atom stereocenters. The number of hydrogen-bond donors (Lipinski definition) is 3. The first-order valence-corrected chi connectivity index (χ1v) is 13.2. The van der Waals surface area contributed by atoms with E-state index < -0.39 is 55.6 Å². The molecule has 2 aliphatic heterocycles. The summed E-state index contributed by atoms with van der Waals surface area (Å²) < 4.78 is 43.5. The molecule has 202 valence electrons. The molecule has 0 amide bonds. The SMILES string of the molecule is CC(C)OC(=O)[C@@H](C)N[P@](=O)(OC[C@@]12CO[C@@H]([C@H](n3ccc(N)nc3=O)O1)[C@]2(C)O)Oc1ccccc1. The lowest BCUT2D eigenvalue weighted by molar-refractivity contribution is -0.189. The van der Waals surface area contributed by atoms with Gasteiger partial charge in [0.15, 0.2) is 6.23 Å². The zero-order valence-corrected chi connectivity index (χ0v) is 21.8. The number of carbonyl (C=O) groups is 1.